The fourth-order valence-corrected chi connectivity index (χ4v) is 3.47. The van der Waals surface area contributed by atoms with Gasteiger partial charge in [0.2, 0.25) is 0 Å². The van der Waals surface area contributed by atoms with Crippen LogP contribution >= 0.6 is 27.3 Å². The SMILES string of the molecule is CCC(Nc1nc2cc(Br)ccc2s1)c1ccccc1. The van der Waals surface area contributed by atoms with Crippen LogP contribution in [0.4, 0.5) is 5.13 Å². The second-order valence-electron chi connectivity index (χ2n) is 4.65. The maximum atomic E-state index is 4.66. The standard InChI is InChI=1S/C16H15BrN2S/c1-2-13(11-6-4-3-5-7-11)18-16-19-14-10-12(17)8-9-15(14)20-16/h3-10,13H,2H2,1H3,(H,18,19). The second kappa shape index (κ2) is 5.94. The van der Waals surface area contributed by atoms with Gasteiger partial charge in [-0.15, -0.1) is 0 Å². The fraction of sp³-hybridized carbons (Fsp3) is 0.188. The topological polar surface area (TPSA) is 24.9 Å². The molecule has 0 aliphatic rings. The van der Waals surface area contributed by atoms with E-state index >= 15 is 0 Å². The Bertz CT molecular complexity index is 709. The van der Waals surface area contributed by atoms with Crippen LogP contribution in [0.2, 0.25) is 0 Å². The van der Waals surface area contributed by atoms with Gasteiger partial charge in [0, 0.05) is 4.47 Å². The van der Waals surface area contributed by atoms with Gasteiger partial charge in [-0.3, -0.25) is 0 Å². The Morgan fingerprint density at radius 3 is 2.75 bits per heavy atom. The van der Waals surface area contributed by atoms with Gasteiger partial charge in [-0.25, -0.2) is 4.98 Å². The molecule has 2 aromatic carbocycles. The summed E-state index contributed by atoms with van der Waals surface area (Å²) in [5.74, 6) is 0. The van der Waals surface area contributed by atoms with Crippen molar-refractivity contribution in [3.05, 3.63) is 58.6 Å². The van der Waals surface area contributed by atoms with Gasteiger partial charge < -0.3 is 5.32 Å². The molecule has 1 N–H and O–H groups in total. The molecule has 0 radical (unpaired) electrons. The molecule has 1 unspecified atom stereocenters. The maximum absolute atomic E-state index is 4.66. The first-order valence-corrected chi connectivity index (χ1v) is 8.25. The van der Waals surface area contributed by atoms with Crippen molar-refractivity contribution in [1.82, 2.24) is 4.98 Å². The predicted molar refractivity (Wildman–Crippen MR) is 90.4 cm³/mol. The summed E-state index contributed by atoms with van der Waals surface area (Å²) in [4.78, 5) is 4.66. The molecule has 0 saturated heterocycles. The summed E-state index contributed by atoms with van der Waals surface area (Å²) in [6.45, 7) is 2.19. The minimum atomic E-state index is 0.306. The normalized spacial score (nSPS) is 12.5. The summed E-state index contributed by atoms with van der Waals surface area (Å²) in [6.07, 6.45) is 1.03. The van der Waals surface area contributed by atoms with Crippen molar-refractivity contribution >= 4 is 42.6 Å². The number of nitrogens with one attached hydrogen (secondary N) is 1. The Morgan fingerprint density at radius 1 is 1.20 bits per heavy atom. The average Bonchev–Trinajstić information content (AvgIpc) is 2.87. The lowest BCUT2D eigenvalue weighted by Gasteiger charge is -2.16. The van der Waals surface area contributed by atoms with Crippen LogP contribution in [-0.2, 0) is 0 Å². The number of aromatic nitrogens is 1. The number of rotatable bonds is 4. The van der Waals surface area contributed by atoms with Crippen molar-refractivity contribution in [2.24, 2.45) is 0 Å². The monoisotopic (exact) mass is 346 g/mol. The molecular formula is C16H15BrN2S. The molecule has 0 aliphatic carbocycles. The van der Waals surface area contributed by atoms with Gasteiger partial charge >= 0.3 is 0 Å². The van der Waals surface area contributed by atoms with Crippen LogP contribution in [0.5, 0.6) is 0 Å². The number of halogens is 1. The lowest BCUT2D eigenvalue weighted by molar-refractivity contribution is 0.748. The highest BCUT2D eigenvalue weighted by Crippen LogP contribution is 2.31. The highest BCUT2D eigenvalue weighted by atomic mass is 79.9. The highest BCUT2D eigenvalue weighted by Gasteiger charge is 2.11. The molecule has 3 aromatic rings. The van der Waals surface area contributed by atoms with E-state index in [1.54, 1.807) is 11.3 Å². The largest absolute Gasteiger partial charge is 0.355 e. The zero-order valence-corrected chi connectivity index (χ0v) is 13.5. The molecule has 1 aromatic heterocycles. The van der Waals surface area contributed by atoms with E-state index in [1.165, 1.54) is 10.3 Å². The third-order valence-corrected chi connectivity index (χ3v) is 4.72. The van der Waals surface area contributed by atoms with Crippen LogP contribution in [0.1, 0.15) is 24.9 Å². The van der Waals surface area contributed by atoms with Crippen LogP contribution in [0.15, 0.2) is 53.0 Å². The van der Waals surface area contributed by atoms with Crippen LogP contribution in [0, 0.1) is 0 Å². The van der Waals surface area contributed by atoms with Crippen LogP contribution < -0.4 is 5.32 Å². The van der Waals surface area contributed by atoms with Crippen molar-refractivity contribution < 1.29 is 0 Å². The van der Waals surface area contributed by atoms with E-state index in [9.17, 15) is 0 Å². The number of benzene rings is 2. The maximum Gasteiger partial charge on any atom is 0.184 e. The Kier molecular flexibility index (Phi) is 4.03. The Balaban J connectivity index is 1.87. The first-order valence-electron chi connectivity index (χ1n) is 6.64. The van der Waals surface area contributed by atoms with Crippen molar-refractivity contribution in [3.8, 4) is 0 Å². The van der Waals surface area contributed by atoms with Crippen molar-refractivity contribution in [3.63, 3.8) is 0 Å². The van der Waals surface area contributed by atoms with E-state index in [0.29, 0.717) is 6.04 Å². The van der Waals surface area contributed by atoms with E-state index < -0.39 is 0 Å². The number of hydrogen-bond donors (Lipinski definition) is 1. The molecule has 0 fully saturated rings. The van der Waals surface area contributed by atoms with Gasteiger partial charge in [-0.1, -0.05) is 64.5 Å². The molecule has 3 rings (SSSR count). The molecule has 1 heterocycles. The molecule has 1 atom stereocenters. The van der Waals surface area contributed by atoms with E-state index in [-0.39, 0.29) is 0 Å². The number of anilines is 1. The van der Waals surface area contributed by atoms with E-state index in [4.69, 9.17) is 0 Å². The third kappa shape index (κ3) is 2.86. The zero-order chi connectivity index (χ0) is 13.9. The van der Waals surface area contributed by atoms with Crippen LogP contribution in [-0.4, -0.2) is 4.98 Å². The summed E-state index contributed by atoms with van der Waals surface area (Å²) in [6, 6.07) is 17.0. The average molecular weight is 347 g/mol. The molecule has 0 spiro atoms. The molecule has 102 valence electrons. The van der Waals surface area contributed by atoms with Gasteiger partial charge in [0.05, 0.1) is 16.3 Å². The number of thiazole rings is 1. The molecule has 0 saturated carbocycles. The number of nitrogens with zero attached hydrogens (tertiary/aromatic N) is 1. The van der Waals surface area contributed by atoms with Gasteiger partial charge in [-0.2, -0.15) is 0 Å². The summed E-state index contributed by atoms with van der Waals surface area (Å²) < 4.78 is 2.27. The predicted octanol–water partition coefficient (Wildman–Crippen LogP) is 5.62. The molecule has 20 heavy (non-hydrogen) atoms. The molecule has 2 nitrogen and oxygen atoms in total. The molecular weight excluding hydrogens is 332 g/mol. The number of hydrogen-bond acceptors (Lipinski definition) is 3. The fourth-order valence-electron chi connectivity index (χ4n) is 2.22. The Hall–Kier alpha value is -1.39. The lowest BCUT2D eigenvalue weighted by atomic mass is 10.1. The summed E-state index contributed by atoms with van der Waals surface area (Å²) in [7, 11) is 0. The van der Waals surface area contributed by atoms with Gasteiger partial charge in [0.1, 0.15) is 0 Å². The third-order valence-electron chi connectivity index (χ3n) is 3.26. The van der Waals surface area contributed by atoms with Gasteiger partial charge in [0.15, 0.2) is 5.13 Å². The first kappa shape index (κ1) is 13.6. The smallest absolute Gasteiger partial charge is 0.184 e. The molecule has 0 amide bonds. The molecule has 0 aliphatic heterocycles. The van der Waals surface area contributed by atoms with Crippen molar-refractivity contribution in [2.75, 3.05) is 5.32 Å². The van der Waals surface area contributed by atoms with Crippen molar-refractivity contribution in [1.29, 1.82) is 0 Å². The quantitative estimate of drug-likeness (QED) is 0.662. The van der Waals surface area contributed by atoms with Crippen LogP contribution in [0.25, 0.3) is 10.2 Å². The Morgan fingerprint density at radius 2 is 2.00 bits per heavy atom. The summed E-state index contributed by atoms with van der Waals surface area (Å²) in [5.41, 5.74) is 2.34. The lowest BCUT2D eigenvalue weighted by Crippen LogP contribution is -2.09. The van der Waals surface area contributed by atoms with E-state index in [2.05, 4.69) is 75.6 Å². The second-order valence-corrected chi connectivity index (χ2v) is 6.59. The van der Waals surface area contributed by atoms with Crippen molar-refractivity contribution in [2.45, 2.75) is 19.4 Å². The minimum Gasteiger partial charge on any atom is -0.355 e. The summed E-state index contributed by atoms with van der Waals surface area (Å²) >= 11 is 5.19. The van der Waals surface area contributed by atoms with Gasteiger partial charge in [-0.05, 0) is 30.2 Å². The highest BCUT2D eigenvalue weighted by molar-refractivity contribution is 9.10. The van der Waals surface area contributed by atoms with E-state index in [0.717, 1.165) is 21.5 Å². The van der Waals surface area contributed by atoms with Crippen LogP contribution in [0.3, 0.4) is 0 Å². The molecule has 0 bridgehead atoms. The van der Waals surface area contributed by atoms with Gasteiger partial charge in [0.25, 0.3) is 0 Å². The zero-order valence-electron chi connectivity index (χ0n) is 11.1. The number of fused-ring (bicyclic) bond motifs is 1. The molecule has 4 heteroatoms. The Labute approximate surface area is 131 Å². The minimum absolute atomic E-state index is 0.306. The summed E-state index contributed by atoms with van der Waals surface area (Å²) in [5, 5.41) is 4.53. The first-order chi connectivity index (χ1) is 9.76. The van der Waals surface area contributed by atoms with E-state index in [1.807, 2.05) is 6.07 Å².